The zero-order chi connectivity index (χ0) is 21.3. The fourth-order valence-electron chi connectivity index (χ4n) is 2.12. The van der Waals surface area contributed by atoms with E-state index in [2.05, 4.69) is 20.4 Å². The lowest BCUT2D eigenvalue weighted by Gasteiger charge is -2.10. The van der Waals surface area contributed by atoms with Gasteiger partial charge in [-0.05, 0) is 30.7 Å². The number of hydrogen-bond acceptors (Lipinski definition) is 5. The molecule has 0 fully saturated rings. The number of amides is 2. The molecule has 0 saturated heterocycles. The predicted molar refractivity (Wildman–Crippen MR) is 105 cm³/mol. The summed E-state index contributed by atoms with van der Waals surface area (Å²) in [5, 5.41) is 5.37. The van der Waals surface area contributed by atoms with Crippen LogP contribution in [-0.4, -0.2) is 41.1 Å². The molecule has 0 aliphatic rings. The molecule has 6 nitrogen and oxygen atoms in total. The third-order valence-corrected chi connectivity index (χ3v) is 4.41. The summed E-state index contributed by atoms with van der Waals surface area (Å²) in [6.07, 6.45) is -3.15. The van der Waals surface area contributed by atoms with Crippen molar-refractivity contribution in [2.45, 2.75) is 19.6 Å². The molecule has 0 radical (unpaired) electrons. The number of thioether (sulfide) groups is 1. The molecule has 1 aromatic heterocycles. The summed E-state index contributed by atoms with van der Waals surface area (Å²) in [6.45, 7) is 0.624. The van der Waals surface area contributed by atoms with Gasteiger partial charge in [-0.1, -0.05) is 17.7 Å². The van der Waals surface area contributed by atoms with Crippen molar-refractivity contribution in [3.8, 4) is 5.88 Å². The second-order valence-corrected chi connectivity index (χ2v) is 7.08. The Morgan fingerprint density at radius 1 is 1.10 bits per heavy atom. The van der Waals surface area contributed by atoms with E-state index in [1.807, 2.05) is 19.1 Å². The fraction of sp³-hybridized carbons (Fsp3) is 0.316. The van der Waals surface area contributed by atoms with Crippen molar-refractivity contribution in [3.63, 3.8) is 0 Å². The van der Waals surface area contributed by atoms with Gasteiger partial charge >= 0.3 is 6.18 Å². The Kier molecular flexibility index (Phi) is 8.32. The van der Waals surface area contributed by atoms with Gasteiger partial charge in [-0.2, -0.15) is 13.2 Å². The second kappa shape index (κ2) is 10.7. The van der Waals surface area contributed by atoms with E-state index in [0.29, 0.717) is 11.3 Å². The van der Waals surface area contributed by atoms with Crippen LogP contribution in [0.15, 0.2) is 42.6 Å². The largest absolute Gasteiger partial charge is 0.468 e. The highest BCUT2D eigenvalue weighted by Gasteiger charge is 2.28. The lowest BCUT2D eigenvalue weighted by atomic mass is 10.2. The van der Waals surface area contributed by atoms with Gasteiger partial charge in [0.25, 0.3) is 0 Å². The van der Waals surface area contributed by atoms with E-state index in [9.17, 15) is 22.8 Å². The monoisotopic (exact) mass is 427 g/mol. The maximum absolute atomic E-state index is 12.2. The number of anilines is 1. The normalized spacial score (nSPS) is 11.0. The highest BCUT2D eigenvalue weighted by Crippen LogP contribution is 2.17. The fourth-order valence-corrected chi connectivity index (χ4v) is 2.76. The van der Waals surface area contributed by atoms with E-state index in [-0.39, 0.29) is 35.7 Å². The number of nitrogens with one attached hydrogen (secondary N) is 2. The van der Waals surface area contributed by atoms with Gasteiger partial charge in [-0.25, -0.2) is 4.98 Å². The van der Waals surface area contributed by atoms with E-state index < -0.39 is 12.8 Å². The maximum Gasteiger partial charge on any atom is 0.422 e. The lowest BCUT2D eigenvalue weighted by molar-refractivity contribution is -0.154. The summed E-state index contributed by atoms with van der Waals surface area (Å²) < 4.78 is 41.1. The van der Waals surface area contributed by atoms with Crippen LogP contribution >= 0.6 is 11.8 Å². The summed E-state index contributed by atoms with van der Waals surface area (Å²) in [7, 11) is 0. The molecule has 29 heavy (non-hydrogen) atoms. The number of aromatic nitrogens is 1. The van der Waals surface area contributed by atoms with Crippen molar-refractivity contribution < 1.29 is 27.5 Å². The standard InChI is InChI=1S/C19H20F3N3O3S/c1-13-2-4-15(5-3-13)25-17(27)11-29-10-16(26)24-9-14-6-7-23-18(8-14)28-12-19(20,21)22/h2-8H,9-12H2,1H3,(H,24,26)(H,25,27). The Balaban J connectivity index is 1.67. The zero-order valence-electron chi connectivity index (χ0n) is 15.6. The number of alkyl halides is 3. The minimum atomic E-state index is -4.45. The Bertz CT molecular complexity index is 829. The van der Waals surface area contributed by atoms with Gasteiger partial charge in [-0.3, -0.25) is 9.59 Å². The Hall–Kier alpha value is -2.75. The van der Waals surface area contributed by atoms with Crippen LogP contribution in [0.4, 0.5) is 18.9 Å². The van der Waals surface area contributed by atoms with Crippen LogP contribution in [0, 0.1) is 6.92 Å². The summed E-state index contributed by atoms with van der Waals surface area (Å²) in [5.41, 5.74) is 2.32. The molecule has 10 heteroatoms. The third kappa shape index (κ3) is 9.33. The zero-order valence-corrected chi connectivity index (χ0v) is 16.4. The Morgan fingerprint density at radius 2 is 1.79 bits per heavy atom. The second-order valence-electron chi connectivity index (χ2n) is 6.09. The Labute approximate surface area is 170 Å². The van der Waals surface area contributed by atoms with Crippen molar-refractivity contribution in [1.29, 1.82) is 0 Å². The van der Waals surface area contributed by atoms with Crippen LogP contribution in [0.25, 0.3) is 0 Å². The summed E-state index contributed by atoms with van der Waals surface area (Å²) in [6, 6.07) is 10.2. The van der Waals surface area contributed by atoms with Crippen LogP contribution in [0.5, 0.6) is 5.88 Å². The molecule has 0 unspecified atom stereocenters. The van der Waals surface area contributed by atoms with Crippen LogP contribution in [0.2, 0.25) is 0 Å². The van der Waals surface area contributed by atoms with Gasteiger partial charge in [0.15, 0.2) is 6.61 Å². The molecule has 2 amide bonds. The van der Waals surface area contributed by atoms with Gasteiger partial charge in [0.05, 0.1) is 11.5 Å². The quantitative estimate of drug-likeness (QED) is 0.642. The van der Waals surface area contributed by atoms with Gasteiger partial charge in [0.2, 0.25) is 17.7 Å². The number of ether oxygens (including phenoxy) is 1. The molecule has 156 valence electrons. The average Bonchev–Trinajstić information content (AvgIpc) is 2.66. The van der Waals surface area contributed by atoms with Gasteiger partial charge in [0.1, 0.15) is 0 Å². The van der Waals surface area contributed by atoms with Crippen molar-refractivity contribution in [3.05, 3.63) is 53.7 Å². The number of hydrogen-bond donors (Lipinski definition) is 2. The molecule has 0 aliphatic heterocycles. The summed E-state index contributed by atoms with van der Waals surface area (Å²) in [5.74, 6) is -0.494. The smallest absolute Gasteiger partial charge is 0.422 e. The predicted octanol–water partition coefficient (Wildman–Crippen LogP) is 3.32. The minimum Gasteiger partial charge on any atom is -0.468 e. The third-order valence-electron chi connectivity index (χ3n) is 3.47. The number of aryl methyl sites for hydroxylation is 1. The number of pyridine rings is 1. The van der Waals surface area contributed by atoms with Crippen LogP contribution in [0.3, 0.4) is 0 Å². The van der Waals surface area contributed by atoms with E-state index in [4.69, 9.17) is 0 Å². The van der Waals surface area contributed by atoms with Crippen LogP contribution < -0.4 is 15.4 Å². The molecule has 1 aromatic carbocycles. The van der Waals surface area contributed by atoms with Crippen molar-refractivity contribution >= 4 is 29.3 Å². The number of rotatable bonds is 9. The molecule has 1 heterocycles. The SMILES string of the molecule is Cc1ccc(NC(=O)CSCC(=O)NCc2ccnc(OCC(F)(F)F)c2)cc1. The molecular weight excluding hydrogens is 407 g/mol. The number of halogens is 3. The molecule has 0 bridgehead atoms. The average molecular weight is 427 g/mol. The molecule has 0 spiro atoms. The topological polar surface area (TPSA) is 80.3 Å². The summed E-state index contributed by atoms with van der Waals surface area (Å²) in [4.78, 5) is 27.4. The molecule has 2 rings (SSSR count). The van der Waals surface area contributed by atoms with Gasteiger partial charge < -0.3 is 15.4 Å². The molecule has 0 saturated carbocycles. The van der Waals surface area contributed by atoms with Gasteiger partial charge in [0, 0.05) is 24.5 Å². The maximum atomic E-state index is 12.2. The molecular formula is C19H20F3N3O3S. The van der Waals surface area contributed by atoms with Gasteiger partial charge in [-0.15, -0.1) is 11.8 Å². The first-order valence-corrected chi connectivity index (χ1v) is 9.72. The number of nitrogens with zero attached hydrogens (tertiary/aromatic N) is 1. The Morgan fingerprint density at radius 3 is 2.48 bits per heavy atom. The van der Waals surface area contributed by atoms with Crippen molar-refractivity contribution in [2.24, 2.45) is 0 Å². The highest BCUT2D eigenvalue weighted by molar-refractivity contribution is 8.00. The first-order valence-electron chi connectivity index (χ1n) is 8.57. The first-order chi connectivity index (χ1) is 13.7. The van der Waals surface area contributed by atoms with Crippen LogP contribution in [0.1, 0.15) is 11.1 Å². The van der Waals surface area contributed by atoms with Crippen molar-refractivity contribution in [1.82, 2.24) is 10.3 Å². The van der Waals surface area contributed by atoms with E-state index in [1.54, 1.807) is 18.2 Å². The molecule has 0 aliphatic carbocycles. The first kappa shape index (κ1) is 22.5. The minimum absolute atomic E-state index is 0.0732. The van der Waals surface area contributed by atoms with Crippen LogP contribution in [-0.2, 0) is 16.1 Å². The summed E-state index contributed by atoms with van der Waals surface area (Å²) >= 11 is 1.15. The number of carbonyl (C=O) groups excluding carboxylic acids is 2. The van der Waals surface area contributed by atoms with E-state index in [1.165, 1.54) is 12.3 Å². The molecule has 0 atom stereocenters. The lowest BCUT2D eigenvalue weighted by Crippen LogP contribution is -2.25. The molecule has 2 aromatic rings. The highest BCUT2D eigenvalue weighted by atomic mass is 32.2. The van der Waals surface area contributed by atoms with E-state index >= 15 is 0 Å². The van der Waals surface area contributed by atoms with E-state index in [0.717, 1.165) is 17.3 Å². The number of benzene rings is 1. The van der Waals surface area contributed by atoms with Crippen molar-refractivity contribution in [2.75, 3.05) is 23.4 Å². The number of carbonyl (C=O) groups is 2. The molecule has 2 N–H and O–H groups in total.